The van der Waals surface area contributed by atoms with Gasteiger partial charge in [0.05, 0.1) is 24.7 Å². The minimum absolute atomic E-state index is 0. The molecule has 0 spiro atoms. The summed E-state index contributed by atoms with van der Waals surface area (Å²) in [6.07, 6.45) is 0.616. The number of thiophene rings is 1. The first-order chi connectivity index (χ1) is 9.66. The average molecular weight is 339 g/mol. The van der Waals surface area contributed by atoms with Gasteiger partial charge in [-0.2, -0.15) is 5.21 Å². The van der Waals surface area contributed by atoms with Crippen LogP contribution < -0.4 is 69.3 Å². The van der Waals surface area contributed by atoms with Crippen LogP contribution >= 0.6 is 11.3 Å². The van der Waals surface area contributed by atoms with E-state index in [4.69, 9.17) is 4.74 Å². The van der Waals surface area contributed by atoms with Crippen LogP contribution in [-0.2, 0) is 22.6 Å². The summed E-state index contributed by atoms with van der Waals surface area (Å²) in [6.45, 7) is 0.919. The average Bonchev–Trinajstić information content (AvgIpc) is 3.04. The molecule has 1 aliphatic rings. The molecule has 1 aliphatic heterocycles. The molecule has 0 fully saturated rings. The van der Waals surface area contributed by atoms with Crippen molar-refractivity contribution in [1.29, 1.82) is 0 Å². The number of carboxylic acids is 1. The van der Waals surface area contributed by atoms with Gasteiger partial charge >= 0.3 is 59.1 Å². The second-order valence-corrected chi connectivity index (χ2v) is 5.01. The van der Waals surface area contributed by atoms with Crippen LogP contribution in [-0.4, -0.2) is 39.1 Å². The number of carbonyl (C=O) groups excluding carboxylic acids is 1. The number of carboxylic acid groups (broad SMARTS) is 1. The second kappa shape index (κ2) is 8.50. The first-order valence-corrected chi connectivity index (χ1v) is 6.41. The predicted molar refractivity (Wildman–Crippen MR) is 63.0 cm³/mol. The molecule has 0 unspecified atom stereocenters. The summed E-state index contributed by atoms with van der Waals surface area (Å²) < 4.78 is 5.32. The van der Waals surface area contributed by atoms with Crippen molar-refractivity contribution in [2.75, 3.05) is 6.61 Å². The summed E-state index contributed by atoms with van der Waals surface area (Å²) in [6, 6.07) is 0. The molecule has 12 heteroatoms. The summed E-state index contributed by atoms with van der Waals surface area (Å²) in [5.74, 6) is -2.92. The minimum atomic E-state index is -1.85. The van der Waals surface area contributed by atoms with Crippen LogP contribution in [0.25, 0.3) is 11.4 Å². The molecule has 9 nitrogen and oxygen atoms in total. The van der Waals surface area contributed by atoms with Crippen LogP contribution in [0.3, 0.4) is 0 Å². The van der Waals surface area contributed by atoms with Gasteiger partial charge in [0.2, 0.25) is 5.82 Å². The van der Waals surface area contributed by atoms with Crippen molar-refractivity contribution in [1.82, 2.24) is 20.6 Å². The van der Waals surface area contributed by atoms with Crippen LogP contribution in [0.1, 0.15) is 10.4 Å². The van der Waals surface area contributed by atoms with E-state index in [2.05, 4.69) is 25.6 Å². The molecule has 0 radical (unpaired) electrons. The Kier molecular flexibility index (Phi) is 7.62. The third-order valence-corrected chi connectivity index (χ3v) is 3.85. The molecular weight excluding hydrogens is 332 g/mol. The molecule has 0 aromatic carbocycles. The van der Waals surface area contributed by atoms with Gasteiger partial charge in [-0.05, 0) is 17.2 Å². The summed E-state index contributed by atoms with van der Waals surface area (Å²) in [4.78, 5) is 15.0. The Morgan fingerprint density at radius 1 is 1.36 bits per heavy atom. The van der Waals surface area contributed by atoms with E-state index in [9.17, 15) is 15.0 Å². The number of fused-ring (bicyclic) bond motifs is 1. The summed E-state index contributed by atoms with van der Waals surface area (Å²) >= 11 is 1.18. The van der Waals surface area contributed by atoms with Gasteiger partial charge in [0.1, 0.15) is 5.00 Å². The number of nitrogens with zero attached hydrogens (tertiary/aromatic N) is 4. The maximum atomic E-state index is 11.2. The van der Waals surface area contributed by atoms with Crippen LogP contribution in [0.5, 0.6) is 0 Å². The summed E-state index contributed by atoms with van der Waals surface area (Å²) in [5, 5.41) is 35.5. The second-order valence-electron chi connectivity index (χ2n) is 3.93. The molecule has 104 valence electrons. The number of H-pyrrole nitrogens is 1. The van der Waals surface area contributed by atoms with Crippen molar-refractivity contribution in [2.45, 2.75) is 13.0 Å². The van der Waals surface area contributed by atoms with E-state index in [1.165, 1.54) is 11.3 Å². The first kappa shape index (κ1) is 19.7. The topological polar surface area (TPSA) is 139 Å². The number of aromatic amines is 1. The quantitative estimate of drug-likeness (QED) is 0.326. The van der Waals surface area contributed by atoms with Gasteiger partial charge in [-0.3, -0.25) is 4.99 Å². The smallest absolute Gasteiger partial charge is 0.857 e. The molecule has 3 heterocycles. The number of tetrazole rings is 1. The van der Waals surface area contributed by atoms with Gasteiger partial charge in [0.25, 0.3) is 0 Å². The third kappa shape index (κ3) is 3.95. The summed E-state index contributed by atoms with van der Waals surface area (Å²) in [7, 11) is 0. The van der Waals surface area contributed by atoms with Crippen molar-refractivity contribution in [2.24, 2.45) is 4.99 Å². The zero-order chi connectivity index (χ0) is 14.1. The molecule has 0 saturated heterocycles. The Morgan fingerprint density at radius 2 is 2.14 bits per heavy atom. The molecule has 0 bridgehead atoms. The van der Waals surface area contributed by atoms with E-state index in [0.29, 0.717) is 25.2 Å². The van der Waals surface area contributed by atoms with Crippen molar-refractivity contribution >= 4 is 28.2 Å². The maximum Gasteiger partial charge on any atom is 1.00 e. The van der Waals surface area contributed by atoms with E-state index in [0.717, 1.165) is 10.4 Å². The molecule has 0 saturated carbocycles. The van der Waals surface area contributed by atoms with Crippen molar-refractivity contribution in [3.05, 3.63) is 10.4 Å². The normalized spacial score (nSPS) is 13.7. The predicted octanol–water partition coefficient (Wildman–Crippen LogP) is -7.85. The number of aliphatic imine (C=N–C) groups is 1. The molecule has 2 aromatic rings. The van der Waals surface area contributed by atoms with Gasteiger partial charge in [0, 0.05) is 10.8 Å². The molecule has 0 amide bonds. The SMILES string of the molecule is O=C([O-])C([O-])=Nc1sc2c(c1-c1nn[nH]n1)CCOC2.[Na+].[Na+]. The zero-order valence-corrected chi connectivity index (χ0v) is 16.8. The van der Waals surface area contributed by atoms with Gasteiger partial charge in [0.15, 0.2) is 0 Å². The van der Waals surface area contributed by atoms with Gasteiger partial charge in [-0.1, -0.05) is 0 Å². The zero-order valence-electron chi connectivity index (χ0n) is 12.0. The fourth-order valence-electron chi connectivity index (χ4n) is 1.93. The van der Waals surface area contributed by atoms with E-state index in [-0.39, 0.29) is 69.9 Å². The van der Waals surface area contributed by atoms with Crippen LogP contribution in [0.2, 0.25) is 0 Å². The number of carbonyl (C=O) groups is 1. The number of hydrogen-bond acceptors (Lipinski definition) is 9. The number of ether oxygens (including phenoxy) is 1. The third-order valence-electron chi connectivity index (χ3n) is 2.75. The Hall–Kier alpha value is -0.330. The van der Waals surface area contributed by atoms with Gasteiger partial charge in [-0.25, -0.2) is 0 Å². The fourth-order valence-corrected chi connectivity index (χ4v) is 3.08. The molecule has 0 atom stereocenters. The fraction of sp³-hybridized carbons (Fsp3) is 0.300. The molecule has 22 heavy (non-hydrogen) atoms. The molecule has 3 rings (SSSR count). The molecular formula is C10H7N5Na2O4S. The van der Waals surface area contributed by atoms with E-state index >= 15 is 0 Å². The van der Waals surface area contributed by atoms with Crippen LogP contribution in [0, 0.1) is 0 Å². The summed E-state index contributed by atoms with van der Waals surface area (Å²) in [5.41, 5.74) is 1.43. The molecule has 0 aliphatic carbocycles. The van der Waals surface area contributed by atoms with E-state index < -0.39 is 11.9 Å². The number of aliphatic carboxylic acids is 1. The van der Waals surface area contributed by atoms with E-state index in [1.807, 2.05) is 0 Å². The molecule has 1 N–H and O–H groups in total. The van der Waals surface area contributed by atoms with Crippen LogP contribution in [0.15, 0.2) is 4.99 Å². The number of aromatic nitrogens is 4. The Balaban J connectivity index is 0.00000121. The monoisotopic (exact) mass is 339 g/mol. The van der Waals surface area contributed by atoms with Crippen molar-refractivity contribution < 1.29 is 78.9 Å². The maximum absolute atomic E-state index is 11.2. The van der Waals surface area contributed by atoms with Gasteiger partial charge in [-0.15, -0.1) is 21.5 Å². The number of nitrogens with one attached hydrogen (secondary N) is 1. The van der Waals surface area contributed by atoms with E-state index in [1.54, 1.807) is 0 Å². The molecule has 2 aromatic heterocycles. The largest absolute Gasteiger partial charge is 1.00 e. The van der Waals surface area contributed by atoms with Crippen molar-refractivity contribution in [3.63, 3.8) is 0 Å². The Labute approximate surface area is 172 Å². The van der Waals surface area contributed by atoms with Crippen LogP contribution in [0.4, 0.5) is 5.00 Å². The van der Waals surface area contributed by atoms with Crippen molar-refractivity contribution in [3.8, 4) is 11.4 Å². The number of hydrogen-bond donors (Lipinski definition) is 1. The first-order valence-electron chi connectivity index (χ1n) is 5.60. The standard InChI is InChI=1S/C10H9N5O4S.2Na/c16-8(10(17)18)11-9-6(7-12-14-15-13-7)4-1-2-19-3-5(4)20-9;;/h1-3H2,(H,11,16)(H,17,18)(H,12,13,14,15);;/q;2*+1/p-2. The Morgan fingerprint density at radius 3 is 2.77 bits per heavy atom. The minimum Gasteiger partial charge on any atom is -0.857 e. The number of rotatable bonds is 2. The Bertz CT molecular complexity index is 688. The van der Waals surface area contributed by atoms with Gasteiger partial charge < -0.3 is 19.7 Å².